The van der Waals surface area contributed by atoms with Crippen LogP contribution in [0.5, 0.6) is 0 Å². The maximum Gasteiger partial charge on any atom is 0.0949 e. The monoisotopic (exact) mass is 257 g/mol. The summed E-state index contributed by atoms with van der Waals surface area (Å²) in [6.45, 7) is 9.23. The minimum atomic E-state index is -0.840. The third-order valence-corrected chi connectivity index (χ3v) is 2.99. The van der Waals surface area contributed by atoms with Crippen LogP contribution in [0.15, 0.2) is 29.3 Å². The van der Waals surface area contributed by atoms with Gasteiger partial charge in [0.15, 0.2) is 0 Å². The summed E-state index contributed by atoms with van der Waals surface area (Å²) in [6, 6.07) is 7.54. The van der Waals surface area contributed by atoms with E-state index in [2.05, 4.69) is 0 Å². The average Bonchev–Trinajstić information content (AvgIpc) is 2.15. The first kappa shape index (κ1) is 13.6. The molecule has 1 aromatic rings. The minimum Gasteiger partial charge on any atom is -0.387 e. The van der Waals surface area contributed by atoms with E-state index in [1.165, 1.54) is 0 Å². The van der Waals surface area contributed by atoms with E-state index < -0.39 is 11.5 Å². The normalized spacial score (nSPS) is 13.6. The molecule has 0 aliphatic carbocycles. The van der Waals surface area contributed by atoms with Crippen LogP contribution >= 0.6 is 23.2 Å². The third kappa shape index (κ3) is 3.51. The molecule has 16 heavy (non-hydrogen) atoms. The molecule has 3 heteroatoms. The van der Waals surface area contributed by atoms with E-state index in [0.717, 1.165) is 5.56 Å². The molecule has 0 amide bonds. The predicted octanol–water partition coefficient (Wildman–Crippen LogP) is 3.83. The Balaban J connectivity index is 2.84. The van der Waals surface area contributed by atoms with Crippen LogP contribution in [-0.2, 0) is 6.42 Å². The first-order chi connectivity index (χ1) is 7.33. The lowest BCUT2D eigenvalue weighted by atomic mass is 9.80. The molecule has 0 aromatic heterocycles. The maximum absolute atomic E-state index is 9.86. The lowest BCUT2D eigenvalue weighted by Crippen LogP contribution is -2.31. The van der Waals surface area contributed by atoms with Crippen LogP contribution < -0.4 is 0 Å². The molecule has 1 nitrogen and oxygen atoms in total. The highest BCUT2D eigenvalue weighted by molar-refractivity contribution is 6.30. The highest BCUT2D eigenvalue weighted by Crippen LogP contribution is 2.31. The molecule has 0 heterocycles. The van der Waals surface area contributed by atoms with Crippen LogP contribution in [0.25, 0.3) is 0 Å². The van der Waals surface area contributed by atoms with Crippen LogP contribution in [0.1, 0.15) is 19.4 Å². The molecule has 1 aromatic carbocycles. The molecular weight excluding hydrogens is 243 g/mol. The fraction of sp³-hybridized carbons (Fsp3) is 0.385. The van der Waals surface area contributed by atoms with Gasteiger partial charge in [0, 0.05) is 10.1 Å². The van der Waals surface area contributed by atoms with Crippen molar-refractivity contribution in [3.63, 3.8) is 0 Å². The van der Waals surface area contributed by atoms with Gasteiger partial charge in [0.1, 0.15) is 0 Å². The quantitative estimate of drug-likeness (QED) is 0.870. The topological polar surface area (TPSA) is 20.2 Å². The fourth-order valence-corrected chi connectivity index (χ4v) is 2.15. The van der Waals surface area contributed by atoms with E-state index >= 15 is 0 Å². The molecule has 1 unspecified atom stereocenters. The van der Waals surface area contributed by atoms with E-state index in [-0.39, 0.29) is 5.03 Å². The molecule has 1 rings (SSSR count). The summed E-state index contributed by atoms with van der Waals surface area (Å²) in [5, 5.41) is 10.6. The molecule has 0 bridgehead atoms. The molecule has 0 spiro atoms. The lowest BCUT2D eigenvalue weighted by Gasteiger charge is -2.30. The summed E-state index contributed by atoms with van der Waals surface area (Å²) >= 11 is 11.5. The molecule has 87 valence electrons. The van der Waals surface area contributed by atoms with Crippen molar-refractivity contribution >= 4 is 23.2 Å². The molecule has 1 N–H and O–H groups in total. The largest absolute Gasteiger partial charge is 0.387 e. The Morgan fingerprint density at radius 2 is 2.12 bits per heavy atom. The van der Waals surface area contributed by atoms with Gasteiger partial charge in [0.05, 0.1) is 6.10 Å². The average molecular weight is 258 g/mol. The molecule has 0 aliphatic rings. The Labute approximate surface area is 107 Å². The van der Waals surface area contributed by atoms with Crippen molar-refractivity contribution < 1.29 is 5.11 Å². The van der Waals surface area contributed by atoms with Gasteiger partial charge in [-0.3, -0.25) is 0 Å². The molecule has 1 atom stereocenters. The van der Waals surface area contributed by atoms with Crippen LogP contribution in [0.3, 0.4) is 0 Å². The van der Waals surface area contributed by atoms with Gasteiger partial charge in [0.25, 0.3) is 0 Å². The van der Waals surface area contributed by atoms with Crippen LogP contribution in [0, 0.1) is 12.0 Å². The number of benzene rings is 1. The van der Waals surface area contributed by atoms with Crippen molar-refractivity contribution in [3.8, 4) is 0 Å². The van der Waals surface area contributed by atoms with Crippen LogP contribution in [-0.4, -0.2) is 11.2 Å². The van der Waals surface area contributed by atoms with Gasteiger partial charge in [-0.25, -0.2) is 0 Å². The first-order valence-electron chi connectivity index (χ1n) is 5.03. The minimum absolute atomic E-state index is 0.0204. The van der Waals surface area contributed by atoms with Gasteiger partial charge >= 0.3 is 0 Å². The summed E-state index contributed by atoms with van der Waals surface area (Å²) in [5.41, 5.74) is 0.630. The van der Waals surface area contributed by atoms with Crippen LogP contribution in [0.4, 0.5) is 0 Å². The van der Waals surface area contributed by atoms with Crippen molar-refractivity contribution in [1.82, 2.24) is 0 Å². The Morgan fingerprint density at radius 1 is 1.50 bits per heavy atom. The second kappa shape index (κ2) is 5.22. The highest BCUT2D eigenvalue weighted by Gasteiger charge is 2.29. The molecular formula is C13H15Cl2O. The standard InChI is InChI=1S/C13H15Cl2O/c1-9(14)12(16)13(2,3)8-10-5-4-6-11(15)7-10/h1,4-7,12,16H,8H2,2-3H3. The van der Waals surface area contributed by atoms with Crippen molar-refractivity contribution in [1.29, 1.82) is 0 Å². The summed E-state index contributed by atoms with van der Waals surface area (Å²) < 4.78 is 0. The number of rotatable bonds is 4. The van der Waals surface area contributed by atoms with Crippen molar-refractivity contribution in [2.24, 2.45) is 5.41 Å². The predicted molar refractivity (Wildman–Crippen MR) is 68.6 cm³/mol. The van der Waals surface area contributed by atoms with Gasteiger partial charge < -0.3 is 5.11 Å². The molecule has 1 radical (unpaired) electrons. The van der Waals surface area contributed by atoms with Gasteiger partial charge in [0.2, 0.25) is 0 Å². The van der Waals surface area contributed by atoms with Gasteiger partial charge in [-0.05, 0) is 36.1 Å². The van der Waals surface area contributed by atoms with E-state index in [0.29, 0.717) is 11.4 Å². The maximum atomic E-state index is 9.86. The Hall–Kier alpha value is -0.500. The first-order valence-corrected chi connectivity index (χ1v) is 5.79. The SMILES string of the molecule is [CH]=C(Cl)C(O)C(C)(C)Cc1cccc(Cl)c1. The third-order valence-electron chi connectivity index (χ3n) is 2.55. The zero-order valence-corrected chi connectivity index (χ0v) is 10.9. The summed E-state index contributed by atoms with van der Waals surface area (Å²) in [7, 11) is 0. The highest BCUT2D eigenvalue weighted by atomic mass is 35.5. The van der Waals surface area contributed by atoms with Gasteiger partial charge in [-0.15, -0.1) is 0 Å². The zero-order valence-electron chi connectivity index (χ0n) is 9.37. The number of aliphatic hydroxyl groups is 1. The summed E-state index contributed by atoms with van der Waals surface area (Å²) in [4.78, 5) is 0. The Bertz CT molecular complexity index is 385. The Kier molecular flexibility index (Phi) is 4.43. The number of hydrogen-bond acceptors (Lipinski definition) is 1. The number of hydrogen-bond donors (Lipinski definition) is 1. The van der Waals surface area contributed by atoms with Gasteiger partial charge in [-0.1, -0.05) is 49.2 Å². The number of aliphatic hydroxyl groups excluding tert-OH is 1. The van der Waals surface area contributed by atoms with Gasteiger partial charge in [-0.2, -0.15) is 0 Å². The summed E-state index contributed by atoms with van der Waals surface area (Å²) in [5.74, 6) is 0. The molecule has 0 saturated heterocycles. The van der Waals surface area contributed by atoms with Crippen molar-refractivity contribution in [2.45, 2.75) is 26.4 Å². The van der Waals surface area contributed by atoms with Crippen molar-refractivity contribution in [3.05, 3.63) is 46.5 Å². The van der Waals surface area contributed by atoms with E-state index in [1.807, 2.05) is 38.1 Å². The second-order valence-electron chi connectivity index (χ2n) is 4.58. The fourth-order valence-electron chi connectivity index (χ4n) is 1.64. The summed E-state index contributed by atoms with van der Waals surface area (Å²) in [6.07, 6.45) is -0.185. The Morgan fingerprint density at radius 3 is 2.62 bits per heavy atom. The van der Waals surface area contributed by atoms with E-state index in [9.17, 15) is 5.11 Å². The molecule has 0 fully saturated rings. The smallest absolute Gasteiger partial charge is 0.0949 e. The van der Waals surface area contributed by atoms with E-state index in [1.54, 1.807) is 0 Å². The number of halogens is 2. The zero-order chi connectivity index (χ0) is 12.3. The van der Waals surface area contributed by atoms with Crippen molar-refractivity contribution in [2.75, 3.05) is 0 Å². The second-order valence-corrected chi connectivity index (χ2v) is 5.46. The molecule has 0 saturated carbocycles. The van der Waals surface area contributed by atoms with Crippen LogP contribution in [0.2, 0.25) is 5.02 Å². The van der Waals surface area contributed by atoms with E-state index in [4.69, 9.17) is 29.8 Å². The molecule has 0 aliphatic heterocycles. The lowest BCUT2D eigenvalue weighted by molar-refractivity contribution is 0.0870.